The summed E-state index contributed by atoms with van der Waals surface area (Å²) in [6, 6.07) is 4.58. The molecule has 0 aliphatic carbocycles. The molecule has 0 aromatic carbocycles. The third kappa shape index (κ3) is 3.96. The number of aliphatic imine (C=N–C) groups is 1. The average Bonchev–Trinajstić information content (AvgIpc) is 2.92. The summed E-state index contributed by atoms with van der Waals surface area (Å²) in [5.74, 6) is 1.43. The van der Waals surface area contributed by atoms with Crippen LogP contribution in [-0.4, -0.2) is 49.5 Å². The second kappa shape index (κ2) is 7.09. The van der Waals surface area contributed by atoms with Crippen molar-refractivity contribution in [3.63, 3.8) is 0 Å². The molecule has 2 heterocycles. The maximum absolute atomic E-state index is 6.17. The number of rotatable bonds is 4. The van der Waals surface area contributed by atoms with E-state index in [1.807, 2.05) is 0 Å². The van der Waals surface area contributed by atoms with Crippen LogP contribution in [0.15, 0.2) is 22.5 Å². The summed E-state index contributed by atoms with van der Waals surface area (Å²) in [6.07, 6.45) is 2.53. The summed E-state index contributed by atoms with van der Waals surface area (Å²) in [7, 11) is 4.19. The Balaban J connectivity index is 1.98. The molecule has 1 aromatic heterocycles. The number of likely N-dealkylation sites (tertiary alicyclic amines) is 1. The maximum Gasteiger partial charge on any atom is 0.191 e. The summed E-state index contributed by atoms with van der Waals surface area (Å²) in [5, 5.41) is 2.12. The molecule has 0 spiro atoms. The molecule has 2 unspecified atom stereocenters. The van der Waals surface area contributed by atoms with Crippen molar-refractivity contribution in [2.45, 2.75) is 25.8 Å². The van der Waals surface area contributed by atoms with Gasteiger partial charge in [0.2, 0.25) is 0 Å². The van der Waals surface area contributed by atoms with E-state index in [1.54, 1.807) is 11.3 Å². The number of nitrogens with two attached hydrogens (primary N) is 1. The lowest BCUT2D eigenvalue weighted by atomic mass is 10.0. The van der Waals surface area contributed by atoms with Gasteiger partial charge in [0.25, 0.3) is 0 Å². The zero-order chi connectivity index (χ0) is 14.5. The zero-order valence-corrected chi connectivity index (χ0v) is 13.6. The largest absolute Gasteiger partial charge is 0.370 e. The lowest BCUT2D eigenvalue weighted by molar-refractivity contribution is 0.267. The van der Waals surface area contributed by atoms with E-state index in [2.05, 4.69) is 53.3 Å². The quantitative estimate of drug-likeness (QED) is 0.685. The number of hydrogen-bond acceptors (Lipinski definition) is 3. The maximum atomic E-state index is 6.17. The highest BCUT2D eigenvalue weighted by Crippen LogP contribution is 2.23. The van der Waals surface area contributed by atoms with Crippen LogP contribution in [0, 0.1) is 5.92 Å². The van der Waals surface area contributed by atoms with Gasteiger partial charge in [-0.25, -0.2) is 0 Å². The van der Waals surface area contributed by atoms with Gasteiger partial charge in [-0.3, -0.25) is 4.99 Å². The number of nitrogens with zero attached hydrogens (tertiary/aromatic N) is 3. The van der Waals surface area contributed by atoms with Crippen molar-refractivity contribution in [2.24, 2.45) is 16.6 Å². The summed E-state index contributed by atoms with van der Waals surface area (Å²) < 4.78 is 0. The molecule has 1 aliphatic heterocycles. The highest BCUT2D eigenvalue weighted by molar-refractivity contribution is 7.10. The molecular formula is C15H26N4S. The second-order valence-electron chi connectivity index (χ2n) is 5.89. The first-order valence-electron chi connectivity index (χ1n) is 7.32. The molecule has 0 bridgehead atoms. The van der Waals surface area contributed by atoms with Gasteiger partial charge in [0.15, 0.2) is 5.96 Å². The minimum Gasteiger partial charge on any atom is -0.370 e. The van der Waals surface area contributed by atoms with E-state index >= 15 is 0 Å². The van der Waals surface area contributed by atoms with Crippen LogP contribution in [0.2, 0.25) is 0 Å². The van der Waals surface area contributed by atoms with E-state index in [0.29, 0.717) is 12.0 Å². The minimum absolute atomic E-state index is 0.316. The Morgan fingerprint density at radius 3 is 3.00 bits per heavy atom. The van der Waals surface area contributed by atoms with Crippen LogP contribution in [0.4, 0.5) is 0 Å². The van der Waals surface area contributed by atoms with Gasteiger partial charge in [0.1, 0.15) is 0 Å². The summed E-state index contributed by atoms with van der Waals surface area (Å²) in [5.41, 5.74) is 6.17. The molecule has 0 saturated carbocycles. The fourth-order valence-electron chi connectivity index (χ4n) is 2.67. The van der Waals surface area contributed by atoms with Crippen LogP contribution in [0.5, 0.6) is 0 Å². The molecule has 2 N–H and O–H groups in total. The second-order valence-corrected chi connectivity index (χ2v) is 6.87. The lowest BCUT2D eigenvalue weighted by Crippen LogP contribution is -2.43. The Hall–Kier alpha value is -1.07. The van der Waals surface area contributed by atoms with Gasteiger partial charge in [0.05, 0.1) is 12.6 Å². The van der Waals surface area contributed by atoms with Crippen LogP contribution in [0.25, 0.3) is 0 Å². The van der Waals surface area contributed by atoms with Gasteiger partial charge in [-0.1, -0.05) is 13.0 Å². The van der Waals surface area contributed by atoms with Crippen LogP contribution >= 0.6 is 11.3 Å². The molecule has 112 valence electrons. The van der Waals surface area contributed by atoms with E-state index in [-0.39, 0.29) is 0 Å². The highest BCUT2D eigenvalue weighted by Gasteiger charge is 2.19. The van der Waals surface area contributed by atoms with E-state index in [0.717, 1.165) is 25.6 Å². The molecule has 1 fully saturated rings. The van der Waals surface area contributed by atoms with Gasteiger partial charge in [-0.05, 0) is 44.3 Å². The third-order valence-corrected chi connectivity index (χ3v) is 4.88. The fraction of sp³-hybridized carbons (Fsp3) is 0.667. The van der Waals surface area contributed by atoms with Crippen molar-refractivity contribution in [1.29, 1.82) is 0 Å². The third-order valence-electron chi connectivity index (χ3n) is 3.90. The molecule has 0 radical (unpaired) electrons. The first-order chi connectivity index (χ1) is 9.58. The van der Waals surface area contributed by atoms with Gasteiger partial charge in [0, 0.05) is 18.0 Å². The number of thiophene rings is 1. The molecule has 5 heteroatoms. The van der Waals surface area contributed by atoms with E-state index in [9.17, 15) is 0 Å². The Morgan fingerprint density at radius 2 is 2.40 bits per heavy atom. The molecular weight excluding hydrogens is 268 g/mol. The van der Waals surface area contributed by atoms with E-state index in [4.69, 9.17) is 5.73 Å². The summed E-state index contributed by atoms with van der Waals surface area (Å²) in [6.45, 7) is 5.10. The van der Waals surface area contributed by atoms with Crippen molar-refractivity contribution in [3.05, 3.63) is 22.4 Å². The molecule has 1 aliphatic rings. The highest BCUT2D eigenvalue weighted by atomic mass is 32.1. The van der Waals surface area contributed by atoms with Gasteiger partial charge in [-0.2, -0.15) is 0 Å². The number of guanidine groups is 1. The predicted octanol–water partition coefficient (Wildman–Crippen LogP) is 2.40. The molecule has 1 aromatic rings. The SMILES string of the molecule is CC1CCCN(C(N)=NCC(c2cccs2)N(C)C)C1. The van der Waals surface area contributed by atoms with Gasteiger partial charge < -0.3 is 15.5 Å². The number of hydrogen-bond donors (Lipinski definition) is 1. The van der Waals surface area contributed by atoms with Crippen LogP contribution in [0.3, 0.4) is 0 Å². The molecule has 20 heavy (non-hydrogen) atoms. The monoisotopic (exact) mass is 294 g/mol. The minimum atomic E-state index is 0.316. The molecule has 4 nitrogen and oxygen atoms in total. The van der Waals surface area contributed by atoms with Gasteiger partial charge in [-0.15, -0.1) is 11.3 Å². The number of likely N-dealkylation sites (N-methyl/N-ethyl adjacent to an activating group) is 1. The van der Waals surface area contributed by atoms with E-state index < -0.39 is 0 Å². The van der Waals surface area contributed by atoms with Crippen LogP contribution < -0.4 is 5.73 Å². The van der Waals surface area contributed by atoms with Crippen LogP contribution in [0.1, 0.15) is 30.7 Å². The normalized spacial score (nSPS) is 22.3. The summed E-state index contributed by atoms with van der Waals surface area (Å²) >= 11 is 1.78. The number of piperidine rings is 1. The molecule has 2 atom stereocenters. The smallest absolute Gasteiger partial charge is 0.191 e. The lowest BCUT2D eigenvalue weighted by Gasteiger charge is -2.32. The Labute approximate surface area is 126 Å². The van der Waals surface area contributed by atoms with Crippen molar-refractivity contribution < 1.29 is 0 Å². The Kier molecular flexibility index (Phi) is 5.43. The van der Waals surface area contributed by atoms with Crippen molar-refractivity contribution in [1.82, 2.24) is 9.80 Å². The van der Waals surface area contributed by atoms with Crippen molar-refractivity contribution in [2.75, 3.05) is 33.7 Å². The Morgan fingerprint density at radius 1 is 1.60 bits per heavy atom. The fourth-order valence-corrected chi connectivity index (χ4v) is 3.58. The summed E-state index contributed by atoms with van der Waals surface area (Å²) in [4.78, 5) is 10.4. The molecule has 2 rings (SSSR count). The molecule has 1 saturated heterocycles. The average molecular weight is 294 g/mol. The van der Waals surface area contributed by atoms with Crippen molar-refractivity contribution in [3.8, 4) is 0 Å². The predicted molar refractivity (Wildman–Crippen MR) is 87.2 cm³/mol. The van der Waals surface area contributed by atoms with E-state index in [1.165, 1.54) is 17.7 Å². The first kappa shape index (κ1) is 15.3. The zero-order valence-electron chi connectivity index (χ0n) is 12.7. The Bertz CT molecular complexity index is 427. The molecule has 0 amide bonds. The van der Waals surface area contributed by atoms with Crippen LogP contribution in [-0.2, 0) is 0 Å². The van der Waals surface area contributed by atoms with Crippen molar-refractivity contribution >= 4 is 17.3 Å². The first-order valence-corrected chi connectivity index (χ1v) is 8.20. The van der Waals surface area contributed by atoms with Gasteiger partial charge >= 0.3 is 0 Å². The topological polar surface area (TPSA) is 44.9 Å². The standard InChI is InChI=1S/C15H26N4S/c1-12-6-4-8-19(11-12)15(16)17-10-13(18(2)3)14-7-5-9-20-14/h5,7,9,12-13H,4,6,8,10-11H2,1-3H3,(H2,16,17).